The Bertz CT molecular complexity index is 765. The van der Waals surface area contributed by atoms with E-state index in [1.807, 2.05) is 18.2 Å². The Kier molecular flexibility index (Phi) is 6.45. The molecule has 1 N–H and O–H groups in total. The molecule has 0 bridgehead atoms. The summed E-state index contributed by atoms with van der Waals surface area (Å²) in [6.45, 7) is 0.557. The van der Waals surface area contributed by atoms with E-state index in [1.165, 1.54) is 10.6 Å². The minimum absolute atomic E-state index is 0.0294. The number of carbonyl (C=O) groups excluding carboxylic acids is 1. The summed E-state index contributed by atoms with van der Waals surface area (Å²) in [6.07, 6.45) is 1.59. The third-order valence-corrected chi connectivity index (χ3v) is 4.18. The van der Waals surface area contributed by atoms with E-state index >= 15 is 0 Å². The molecule has 1 aromatic carbocycles. The summed E-state index contributed by atoms with van der Waals surface area (Å²) in [4.78, 5) is 23.3. The third kappa shape index (κ3) is 5.31. The van der Waals surface area contributed by atoms with Gasteiger partial charge in [0.05, 0.1) is 11.6 Å². The predicted octanol–water partition coefficient (Wildman–Crippen LogP) is 1.77. The molecular formula is C17H17N3O2S. The molecule has 2 rings (SSSR count). The average Bonchev–Trinajstić information content (AvgIpc) is 2.57. The molecule has 1 amide bonds. The number of benzene rings is 1. The number of thioether (sulfide) groups is 1. The maximum atomic E-state index is 11.8. The number of pyridine rings is 1. The SMILES string of the molecule is N#Cc1ccccc1CSCCNC(=O)Cn1ccccc1=O. The van der Waals surface area contributed by atoms with E-state index in [2.05, 4.69) is 11.4 Å². The van der Waals surface area contributed by atoms with Gasteiger partial charge in [0.15, 0.2) is 0 Å². The van der Waals surface area contributed by atoms with Gasteiger partial charge >= 0.3 is 0 Å². The molecule has 0 unspecified atom stereocenters. The fourth-order valence-corrected chi connectivity index (χ4v) is 2.86. The largest absolute Gasteiger partial charge is 0.354 e. The molecule has 1 aromatic heterocycles. The van der Waals surface area contributed by atoms with Gasteiger partial charge in [-0.05, 0) is 17.7 Å². The number of hydrogen-bond donors (Lipinski definition) is 1. The Hall–Kier alpha value is -2.52. The van der Waals surface area contributed by atoms with E-state index in [-0.39, 0.29) is 18.0 Å². The van der Waals surface area contributed by atoms with E-state index < -0.39 is 0 Å². The number of hydrogen-bond acceptors (Lipinski definition) is 4. The second-order valence-electron chi connectivity index (χ2n) is 4.84. The van der Waals surface area contributed by atoms with E-state index in [0.29, 0.717) is 12.1 Å². The van der Waals surface area contributed by atoms with Crippen LogP contribution in [0.3, 0.4) is 0 Å². The zero-order valence-corrected chi connectivity index (χ0v) is 13.4. The topological polar surface area (TPSA) is 74.9 Å². The first kappa shape index (κ1) is 16.8. The molecule has 5 nitrogen and oxygen atoms in total. The maximum absolute atomic E-state index is 11.8. The Morgan fingerprint density at radius 3 is 2.78 bits per heavy atom. The van der Waals surface area contributed by atoms with Crippen LogP contribution in [0.4, 0.5) is 0 Å². The number of carbonyl (C=O) groups is 1. The number of nitrogens with zero attached hydrogens (tertiary/aromatic N) is 2. The van der Waals surface area contributed by atoms with Crippen LogP contribution in [0.5, 0.6) is 0 Å². The molecule has 6 heteroatoms. The first-order valence-electron chi connectivity index (χ1n) is 7.18. The molecule has 2 aromatic rings. The first-order chi connectivity index (χ1) is 11.2. The van der Waals surface area contributed by atoms with Gasteiger partial charge in [0.1, 0.15) is 6.54 Å². The maximum Gasteiger partial charge on any atom is 0.250 e. The molecular weight excluding hydrogens is 310 g/mol. The molecule has 0 radical (unpaired) electrons. The van der Waals surface area contributed by atoms with E-state index in [1.54, 1.807) is 36.2 Å². The average molecular weight is 327 g/mol. The zero-order chi connectivity index (χ0) is 16.5. The second-order valence-corrected chi connectivity index (χ2v) is 5.94. The number of rotatable bonds is 7. The van der Waals surface area contributed by atoms with E-state index in [9.17, 15) is 9.59 Å². The molecule has 0 atom stereocenters. The predicted molar refractivity (Wildman–Crippen MR) is 91.0 cm³/mol. The summed E-state index contributed by atoms with van der Waals surface area (Å²) in [5.74, 6) is 1.30. The van der Waals surface area contributed by atoms with Crippen LogP contribution in [0.2, 0.25) is 0 Å². The van der Waals surface area contributed by atoms with Crippen molar-refractivity contribution in [2.45, 2.75) is 12.3 Å². The third-order valence-electron chi connectivity index (χ3n) is 3.18. The van der Waals surface area contributed by atoms with Crippen LogP contribution in [0, 0.1) is 11.3 Å². The molecule has 0 saturated carbocycles. The fraction of sp³-hybridized carbons (Fsp3) is 0.235. The standard InChI is InChI=1S/C17H17N3O2S/c18-11-14-5-1-2-6-15(14)13-23-10-8-19-16(21)12-20-9-4-3-7-17(20)22/h1-7,9H,8,10,12-13H2,(H,19,21). The molecule has 0 saturated heterocycles. The van der Waals surface area contributed by atoms with Crippen molar-refractivity contribution in [3.63, 3.8) is 0 Å². The number of amides is 1. The highest BCUT2D eigenvalue weighted by Gasteiger charge is 2.04. The highest BCUT2D eigenvalue weighted by molar-refractivity contribution is 7.98. The molecule has 23 heavy (non-hydrogen) atoms. The molecule has 0 aliphatic heterocycles. The Balaban J connectivity index is 1.70. The van der Waals surface area contributed by atoms with Crippen LogP contribution in [-0.4, -0.2) is 22.8 Å². The van der Waals surface area contributed by atoms with Crippen molar-refractivity contribution in [1.82, 2.24) is 9.88 Å². The van der Waals surface area contributed by atoms with Crippen LogP contribution in [0.1, 0.15) is 11.1 Å². The summed E-state index contributed by atoms with van der Waals surface area (Å²) in [5.41, 5.74) is 1.50. The molecule has 118 valence electrons. The minimum atomic E-state index is -0.190. The summed E-state index contributed by atoms with van der Waals surface area (Å²) in [7, 11) is 0. The van der Waals surface area contributed by atoms with Crippen LogP contribution in [0.25, 0.3) is 0 Å². The summed E-state index contributed by atoms with van der Waals surface area (Å²) >= 11 is 1.65. The van der Waals surface area contributed by atoms with Gasteiger partial charge in [-0.15, -0.1) is 0 Å². The van der Waals surface area contributed by atoms with Crippen molar-refractivity contribution < 1.29 is 4.79 Å². The van der Waals surface area contributed by atoms with Crippen molar-refractivity contribution in [2.75, 3.05) is 12.3 Å². The lowest BCUT2D eigenvalue weighted by molar-refractivity contribution is -0.121. The lowest BCUT2D eigenvalue weighted by Gasteiger charge is -2.07. The van der Waals surface area contributed by atoms with Gasteiger partial charge < -0.3 is 9.88 Å². The summed E-state index contributed by atoms with van der Waals surface area (Å²) in [5, 5.41) is 11.8. The lowest BCUT2D eigenvalue weighted by atomic mass is 10.1. The van der Waals surface area contributed by atoms with Gasteiger partial charge in [-0.1, -0.05) is 24.3 Å². The minimum Gasteiger partial charge on any atom is -0.354 e. The van der Waals surface area contributed by atoms with Crippen molar-refractivity contribution in [3.05, 3.63) is 70.1 Å². The van der Waals surface area contributed by atoms with Gasteiger partial charge in [-0.3, -0.25) is 9.59 Å². The molecule has 0 spiro atoms. The van der Waals surface area contributed by atoms with Gasteiger partial charge in [0.2, 0.25) is 5.91 Å². The molecule has 0 fully saturated rings. The Morgan fingerprint density at radius 2 is 2.00 bits per heavy atom. The molecule has 0 aliphatic carbocycles. The highest BCUT2D eigenvalue weighted by atomic mass is 32.2. The normalized spacial score (nSPS) is 10.0. The Labute approximate surface area is 138 Å². The van der Waals surface area contributed by atoms with Gasteiger partial charge in [0, 0.05) is 30.3 Å². The molecule has 1 heterocycles. The Morgan fingerprint density at radius 1 is 1.22 bits per heavy atom. The summed E-state index contributed by atoms with van der Waals surface area (Å²) < 4.78 is 1.37. The number of nitriles is 1. The van der Waals surface area contributed by atoms with Gasteiger partial charge in [0.25, 0.3) is 5.56 Å². The van der Waals surface area contributed by atoms with Crippen LogP contribution in [-0.2, 0) is 17.1 Å². The first-order valence-corrected chi connectivity index (χ1v) is 8.34. The second kappa shape index (κ2) is 8.81. The number of nitrogens with one attached hydrogen (secondary N) is 1. The highest BCUT2D eigenvalue weighted by Crippen LogP contribution is 2.15. The molecule has 0 aliphatic rings. The zero-order valence-electron chi connectivity index (χ0n) is 12.6. The number of aromatic nitrogens is 1. The van der Waals surface area contributed by atoms with E-state index in [4.69, 9.17) is 5.26 Å². The van der Waals surface area contributed by atoms with Crippen LogP contribution < -0.4 is 10.9 Å². The quantitative estimate of drug-likeness (QED) is 0.787. The van der Waals surface area contributed by atoms with Gasteiger partial charge in [-0.25, -0.2) is 0 Å². The fourth-order valence-electron chi connectivity index (χ4n) is 2.00. The lowest BCUT2D eigenvalue weighted by Crippen LogP contribution is -2.32. The summed E-state index contributed by atoms with van der Waals surface area (Å²) in [6, 6.07) is 14.5. The van der Waals surface area contributed by atoms with Crippen molar-refractivity contribution >= 4 is 17.7 Å². The van der Waals surface area contributed by atoms with Gasteiger partial charge in [-0.2, -0.15) is 17.0 Å². The van der Waals surface area contributed by atoms with Crippen molar-refractivity contribution in [2.24, 2.45) is 0 Å². The monoisotopic (exact) mass is 327 g/mol. The van der Waals surface area contributed by atoms with E-state index in [0.717, 1.165) is 17.1 Å². The smallest absolute Gasteiger partial charge is 0.250 e. The van der Waals surface area contributed by atoms with Crippen LogP contribution in [0.15, 0.2) is 53.5 Å². The van der Waals surface area contributed by atoms with Crippen molar-refractivity contribution in [1.29, 1.82) is 5.26 Å². The van der Waals surface area contributed by atoms with Crippen LogP contribution >= 0.6 is 11.8 Å². The van der Waals surface area contributed by atoms with Crippen molar-refractivity contribution in [3.8, 4) is 6.07 Å².